The Morgan fingerprint density at radius 2 is 2.00 bits per heavy atom. The summed E-state index contributed by atoms with van der Waals surface area (Å²) in [6.45, 7) is 1.72. The SMILES string of the molecule is Cc1cccc(Cl)c1C(=O)Nc1cccn2cc(C(F)(F)F)nc12. The lowest BCUT2D eigenvalue weighted by atomic mass is 10.1. The summed E-state index contributed by atoms with van der Waals surface area (Å²) in [6, 6.07) is 8.00. The normalized spacial score (nSPS) is 11.7. The predicted octanol–water partition coefficient (Wildman–Crippen LogP) is 4.57. The van der Waals surface area contributed by atoms with Gasteiger partial charge in [-0.2, -0.15) is 13.2 Å². The van der Waals surface area contributed by atoms with Crippen molar-refractivity contribution in [1.29, 1.82) is 0 Å². The van der Waals surface area contributed by atoms with Gasteiger partial charge in [-0.05, 0) is 30.7 Å². The molecule has 0 saturated heterocycles. The third-order valence-corrected chi connectivity index (χ3v) is 3.79. The van der Waals surface area contributed by atoms with Gasteiger partial charge < -0.3 is 9.72 Å². The quantitative estimate of drug-likeness (QED) is 0.733. The van der Waals surface area contributed by atoms with Crippen molar-refractivity contribution >= 4 is 28.8 Å². The van der Waals surface area contributed by atoms with Crippen molar-refractivity contribution < 1.29 is 18.0 Å². The summed E-state index contributed by atoms with van der Waals surface area (Å²) in [7, 11) is 0. The summed E-state index contributed by atoms with van der Waals surface area (Å²) in [6.07, 6.45) is -2.27. The lowest BCUT2D eigenvalue weighted by molar-refractivity contribution is -0.140. The number of pyridine rings is 1. The highest BCUT2D eigenvalue weighted by Crippen LogP contribution is 2.30. The molecule has 0 radical (unpaired) electrons. The zero-order valence-corrected chi connectivity index (χ0v) is 13.1. The van der Waals surface area contributed by atoms with E-state index >= 15 is 0 Å². The molecule has 124 valence electrons. The Kier molecular flexibility index (Phi) is 3.96. The number of rotatable bonds is 2. The van der Waals surface area contributed by atoms with Crippen LogP contribution in [0.3, 0.4) is 0 Å². The zero-order valence-electron chi connectivity index (χ0n) is 12.4. The number of alkyl halides is 3. The van der Waals surface area contributed by atoms with E-state index in [4.69, 9.17) is 11.6 Å². The second-order valence-electron chi connectivity index (χ2n) is 5.16. The second-order valence-corrected chi connectivity index (χ2v) is 5.57. The Morgan fingerprint density at radius 1 is 1.25 bits per heavy atom. The third-order valence-electron chi connectivity index (χ3n) is 3.47. The molecule has 1 aromatic carbocycles. The van der Waals surface area contributed by atoms with Crippen LogP contribution in [0.5, 0.6) is 0 Å². The summed E-state index contributed by atoms with van der Waals surface area (Å²) in [4.78, 5) is 16.0. The number of amides is 1. The lowest BCUT2D eigenvalue weighted by Crippen LogP contribution is -2.14. The Bertz CT molecular complexity index is 914. The molecule has 0 aliphatic carbocycles. The first-order valence-corrected chi connectivity index (χ1v) is 7.26. The number of hydrogen-bond acceptors (Lipinski definition) is 2. The standard InChI is InChI=1S/C16H11ClF3N3O/c1-9-4-2-5-10(17)13(9)15(24)21-11-6-3-7-23-8-12(16(18,19)20)22-14(11)23/h2-8H,1H3,(H,21,24). The van der Waals surface area contributed by atoms with Crippen molar-refractivity contribution in [2.45, 2.75) is 13.1 Å². The molecule has 0 spiro atoms. The molecule has 0 aliphatic heterocycles. The molecule has 1 N–H and O–H groups in total. The van der Waals surface area contributed by atoms with E-state index in [1.54, 1.807) is 25.1 Å². The van der Waals surface area contributed by atoms with E-state index in [1.807, 2.05) is 0 Å². The van der Waals surface area contributed by atoms with Gasteiger partial charge in [0.2, 0.25) is 0 Å². The first kappa shape index (κ1) is 16.3. The monoisotopic (exact) mass is 353 g/mol. The van der Waals surface area contributed by atoms with Crippen LogP contribution in [-0.4, -0.2) is 15.3 Å². The number of fused-ring (bicyclic) bond motifs is 1. The smallest absolute Gasteiger partial charge is 0.319 e. The summed E-state index contributed by atoms with van der Waals surface area (Å²) >= 11 is 6.04. The molecule has 3 rings (SSSR count). The van der Waals surface area contributed by atoms with Crippen molar-refractivity contribution in [2.75, 3.05) is 5.32 Å². The Morgan fingerprint density at radius 3 is 2.67 bits per heavy atom. The number of aryl methyl sites for hydroxylation is 1. The first-order chi connectivity index (χ1) is 11.3. The Hall–Kier alpha value is -2.54. The molecular weight excluding hydrogens is 343 g/mol. The molecule has 24 heavy (non-hydrogen) atoms. The van der Waals surface area contributed by atoms with Gasteiger partial charge in [-0.3, -0.25) is 4.79 Å². The van der Waals surface area contributed by atoms with Crippen LogP contribution >= 0.6 is 11.6 Å². The minimum atomic E-state index is -4.56. The van der Waals surface area contributed by atoms with Crippen molar-refractivity contribution in [1.82, 2.24) is 9.38 Å². The molecule has 0 atom stereocenters. The molecule has 0 unspecified atom stereocenters. The van der Waals surface area contributed by atoms with Crippen LogP contribution in [0, 0.1) is 6.92 Å². The first-order valence-electron chi connectivity index (χ1n) is 6.89. The number of nitrogens with one attached hydrogen (secondary N) is 1. The minimum absolute atomic E-state index is 0.00267. The second kappa shape index (κ2) is 5.83. The molecule has 0 bridgehead atoms. The molecule has 0 fully saturated rings. The average Bonchev–Trinajstić information content (AvgIpc) is 2.92. The van der Waals surface area contributed by atoms with Crippen LogP contribution in [0.25, 0.3) is 5.65 Å². The van der Waals surface area contributed by atoms with Gasteiger partial charge in [-0.15, -0.1) is 0 Å². The van der Waals surface area contributed by atoms with Crippen LogP contribution in [0.4, 0.5) is 18.9 Å². The Balaban J connectivity index is 2.01. The largest absolute Gasteiger partial charge is 0.434 e. The van der Waals surface area contributed by atoms with Crippen LogP contribution in [0.1, 0.15) is 21.6 Å². The average molecular weight is 354 g/mol. The lowest BCUT2D eigenvalue weighted by Gasteiger charge is -2.10. The van der Waals surface area contributed by atoms with E-state index in [1.165, 1.54) is 22.7 Å². The summed E-state index contributed by atoms with van der Waals surface area (Å²) < 4.78 is 39.6. The van der Waals surface area contributed by atoms with E-state index in [2.05, 4.69) is 10.3 Å². The molecular formula is C16H11ClF3N3O. The van der Waals surface area contributed by atoms with Gasteiger partial charge in [-0.25, -0.2) is 4.98 Å². The molecule has 8 heteroatoms. The van der Waals surface area contributed by atoms with Crippen LogP contribution in [0.2, 0.25) is 5.02 Å². The maximum atomic E-state index is 12.8. The fourth-order valence-electron chi connectivity index (χ4n) is 2.35. The summed E-state index contributed by atoms with van der Waals surface area (Å²) in [5.41, 5.74) is 0.0633. The number of imidazole rings is 1. The number of carbonyl (C=O) groups excluding carboxylic acids is 1. The van der Waals surface area contributed by atoms with Gasteiger partial charge in [0.1, 0.15) is 0 Å². The number of benzene rings is 1. The van der Waals surface area contributed by atoms with Gasteiger partial charge in [0.05, 0.1) is 16.3 Å². The molecule has 0 aliphatic rings. The Labute approximate surface area is 139 Å². The van der Waals surface area contributed by atoms with Crippen molar-refractivity contribution in [2.24, 2.45) is 0 Å². The zero-order chi connectivity index (χ0) is 17.5. The summed E-state index contributed by atoms with van der Waals surface area (Å²) in [5, 5.41) is 2.84. The number of anilines is 1. The van der Waals surface area contributed by atoms with Gasteiger partial charge >= 0.3 is 6.18 Å². The number of carbonyl (C=O) groups is 1. The third kappa shape index (κ3) is 2.94. The molecule has 0 saturated carbocycles. The van der Waals surface area contributed by atoms with E-state index < -0.39 is 17.8 Å². The fourth-order valence-corrected chi connectivity index (χ4v) is 2.66. The maximum Gasteiger partial charge on any atom is 0.434 e. The molecule has 2 aromatic heterocycles. The molecule has 2 heterocycles. The van der Waals surface area contributed by atoms with Crippen molar-refractivity contribution in [3.63, 3.8) is 0 Å². The highest BCUT2D eigenvalue weighted by atomic mass is 35.5. The van der Waals surface area contributed by atoms with Crippen molar-refractivity contribution in [3.8, 4) is 0 Å². The van der Waals surface area contributed by atoms with Crippen molar-refractivity contribution in [3.05, 3.63) is 64.6 Å². The van der Waals surface area contributed by atoms with Crippen LogP contribution in [0.15, 0.2) is 42.7 Å². The van der Waals surface area contributed by atoms with Gasteiger partial charge in [0, 0.05) is 12.4 Å². The highest BCUT2D eigenvalue weighted by molar-refractivity contribution is 6.34. The number of halogens is 4. The molecule has 1 amide bonds. The topological polar surface area (TPSA) is 46.4 Å². The highest BCUT2D eigenvalue weighted by Gasteiger charge is 2.34. The van der Waals surface area contributed by atoms with E-state index in [0.717, 1.165) is 6.20 Å². The van der Waals surface area contributed by atoms with E-state index in [0.29, 0.717) is 5.56 Å². The predicted molar refractivity (Wildman–Crippen MR) is 84.3 cm³/mol. The fraction of sp³-hybridized carbons (Fsp3) is 0.125. The van der Waals surface area contributed by atoms with Gasteiger partial charge in [-0.1, -0.05) is 23.7 Å². The summed E-state index contributed by atoms with van der Waals surface area (Å²) in [5.74, 6) is -0.511. The van der Waals surface area contributed by atoms with Gasteiger partial charge in [0.25, 0.3) is 5.91 Å². The number of aromatic nitrogens is 2. The van der Waals surface area contributed by atoms with Crippen LogP contribution in [-0.2, 0) is 6.18 Å². The molecule has 4 nitrogen and oxygen atoms in total. The minimum Gasteiger partial charge on any atom is -0.319 e. The van der Waals surface area contributed by atoms with Crippen LogP contribution < -0.4 is 5.32 Å². The molecule has 3 aromatic rings. The van der Waals surface area contributed by atoms with Gasteiger partial charge in [0.15, 0.2) is 11.3 Å². The number of hydrogen-bond donors (Lipinski definition) is 1. The van der Waals surface area contributed by atoms with E-state index in [-0.39, 0.29) is 21.9 Å². The maximum absolute atomic E-state index is 12.8. The van der Waals surface area contributed by atoms with E-state index in [9.17, 15) is 18.0 Å². The number of nitrogens with zero attached hydrogens (tertiary/aromatic N) is 2.